The molecule has 6 heteroatoms. The second-order valence-electron chi connectivity index (χ2n) is 4.78. The summed E-state index contributed by atoms with van der Waals surface area (Å²) < 4.78 is 0. The molecule has 0 spiro atoms. The van der Waals surface area contributed by atoms with Crippen LogP contribution >= 0.6 is 0 Å². The molecule has 1 heterocycles. The Morgan fingerprint density at radius 3 is 2.67 bits per heavy atom. The fraction of sp³-hybridized carbons (Fsp3) is 0.333. The number of fused-ring (bicyclic) bond motifs is 1. The fourth-order valence-corrected chi connectivity index (χ4v) is 2.21. The monoisotopic (exact) mass is 288 g/mol. The van der Waals surface area contributed by atoms with E-state index in [0.717, 1.165) is 22.2 Å². The van der Waals surface area contributed by atoms with E-state index in [2.05, 4.69) is 33.9 Å². The molecule has 0 aliphatic carbocycles. The van der Waals surface area contributed by atoms with E-state index in [4.69, 9.17) is 5.11 Å². The number of amides is 1. The quantitative estimate of drug-likeness (QED) is 0.612. The normalized spacial score (nSPS) is 12.1. The zero-order chi connectivity index (χ0) is 15.2. The molecule has 0 fully saturated rings. The topological polar surface area (TPSA) is 86.3 Å². The van der Waals surface area contributed by atoms with Gasteiger partial charge in [-0.3, -0.25) is 0 Å². The fourth-order valence-electron chi connectivity index (χ4n) is 2.21. The molecule has 0 bridgehead atoms. The summed E-state index contributed by atoms with van der Waals surface area (Å²) in [4.78, 5) is 14.9. The summed E-state index contributed by atoms with van der Waals surface area (Å²) in [5.74, 6) is 0.768. The molecule has 0 radical (unpaired) electrons. The van der Waals surface area contributed by atoms with E-state index in [1.54, 1.807) is 0 Å². The SMILES string of the molecule is CNC(C)c1cnc(NCCNC(=O)O)c2ccccc12. The summed E-state index contributed by atoms with van der Waals surface area (Å²) in [6.45, 7) is 2.91. The van der Waals surface area contributed by atoms with Crippen LogP contribution in [0.25, 0.3) is 10.8 Å². The van der Waals surface area contributed by atoms with Crippen LogP contribution in [0.15, 0.2) is 30.5 Å². The minimum absolute atomic E-state index is 0.213. The smallest absolute Gasteiger partial charge is 0.404 e. The van der Waals surface area contributed by atoms with Crippen LogP contribution in [0.5, 0.6) is 0 Å². The Morgan fingerprint density at radius 2 is 2.00 bits per heavy atom. The van der Waals surface area contributed by atoms with Crippen LogP contribution in [0.2, 0.25) is 0 Å². The molecule has 6 nitrogen and oxygen atoms in total. The van der Waals surface area contributed by atoms with Crippen molar-refractivity contribution in [2.24, 2.45) is 0 Å². The number of anilines is 1. The molecular weight excluding hydrogens is 268 g/mol. The highest BCUT2D eigenvalue weighted by atomic mass is 16.4. The molecule has 0 aliphatic rings. The van der Waals surface area contributed by atoms with Crippen molar-refractivity contribution in [3.05, 3.63) is 36.0 Å². The van der Waals surface area contributed by atoms with Crippen LogP contribution in [0.1, 0.15) is 18.5 Å². The summed E-state index contributed by atoms with van der Waals surface area (Å²) in [6.07, 6.45) is 0.837. The predicted octanol–water partition coefficient (Wildman–Crippen LogP) is 2.19. The summed E-state index contributed by atoms with van der Waals surface area (Å²) >= 11 is 0. The van der Waals surface area contributed by atoms with Crippen LogP contribution in [-0.4, -0.2) is 36.3 Å². The number of carbonyl (C=O) groups is 1. The van der Waals surface area contributed by atoms with Gasteiger partial charge in [-0.25, -0.2) is 9.78 Å². The molecule has 0 aliphatic heterocycles. The summed E-state index contributed by atoms with van der Waals surface area (Å²) in [6, 6.07) is 8.27. The lowest BCUT2D eigenvalue weighted by molar-refractivity contribution is 0.195. The standard InChI is InChI=1S/C15H20N4O2/c1-10(16-2)13-9-19-14(17-7-8-18-15(20)21)12-6-4-3-5-11(12)13/h3-6,9-10,16,18H,7-8H2,1-2H3,(H,17,19)(H,20,21). The number of carboxylic acid groups (broad SMARTS) is 1. The Hall–Kier alpha value is -2.34. The Balaban J connectivity index is 2.23. The first-order valence-electron chi connectivity index (χ1n) is 6.89. The van der Waals surface area contributed by atoms with Gasteiger partial charge in [0.25, 0.3) is 0 Å². The summed E-state index contributed by atoms with van der Waals surface area (Å²) in [5.41, 5.74) is 1.14. The van der Waals surface area contributed by atoms with Crippen molar-refractivity contribution in [2.45, 2.75) is 13.0 Å². The third-order valence-electron chi connectivity index (χ3n) is 3.42. The van der Waals surface area contributed by atoms with Crippen LogP contribution in [0.3, 0.4) is 0 Å². The van der Waals surface area contributed by atoms with Gasteiger partial charge >= 0.3 is 6.09 Å². The van der Waals surface area contributed by atoms with Gasteiger partial charge in [0.15, 0.2) is 0 Å². The highest BCUT2D eigenvalue weighted by Gasteiger charge is 2.11. The first-order valence-corrected chi connectivity index (χ1v) is 6.89. The van der Waals surface area contributed by atoms with E-state index in [9.17, 15) is 4.79 Å². The van der Waals surface area contributed by atoms with Crippen LogP contribution in [0.4, 0.5) is 10.6 Å². The van der Waals surface area contributed by atoms with Crippen molar-refractivity contribution in [1.29, 1.82) is 0 Å². The van der Waals surface area contributed by atoms with Crippen molar-refractivity contribution < 1.29 is 9.90 Å². The third kappa shape index (κ3) is 3.61. The molecule has 1 atom stereocenters. The van der Waals surface area contributed by atoms with Gasteiger partial charge in [-0.1, -0.05) is 24.3 Å². The molecule has 2 aromatic rings. The van der Waals surface area contributed by atoms with E-state index < -0.39 is 6.09 Å². The second-order valence-corrected chi connectivity index (χ2v) is 4.78. The van der Waals surface area contributed by atoms with Crippen molar-refractivity contribution in [2.75, 3.05) is 25.5 Å². The van der Waals surface area contributed by atoms with E-state index in [0.29, 0.717) is 13.1 Å². The summed E-state index contributed by atoms with van der Waals surface area (Å²) in [5, 5.41) is 19.4. The minimum Gasteiger partial charge on any atom is -0.465 e. The number of nitrogens with zero attached hydrogens (tertiary/aromatic N) is 1. The van der Waals surface area contributed by atoms with Gasteiger partial charge in [0.05, 0.1) is 0 Å². The number of aromatic nitrogens is 1. The largest absolute Gasteiger partial charge is 0.465 e. The molecule has 1 aromatic carbocycles. The van der Waals surface area contributed by atoms with Crippen molar-refractivity contribution in [1.82, 2.24) is 15.6 Å². The zero-order valence-corrected chi connectivity index (χ0v) is 12.2. The van der Waals surface area contributed by atoms with Gasteiger partial charge < -0.3 is 21.1 Å². The molecule has 112 valence electrons. The zero-order valence-electron chi connectivity index (χ0n) is 12.2. The molecule has 1 aromatic heterocycles. The van der Waals surface area contributed by atoms with Gasteiger partial charge in [0.1, 0.15) is 5.82 Å². The maximum atomic E-state index is 10.4. The van der Waals surface area contributed by atoms with Gasteiger partial charge in [-0.2, -0.15) is 0 Å². The third-order valence-corrected chi connectivity index (χ3v) is 3.42. The van der Waals surface area contributed by atoms with E-state index in [1.165, 1.54) is 0 Å². The van der Waals surface area contributed by atoms with Crippen molar-refractivity contribution in [3.8, 4) is 0 Å². The highest BCUT2D eigenvalue weighted by Crippen LogP contribution is 2.27. The van der Waals surface area contributed by atoms with Crippen molar-refractivity contribution in [3.63, 3.8) is 0 Å². The molecule has 0 saturated heterocycles. The highest BCUT2D eigenvalue weighted by molar-refractivity contribution is 5.94. The van der Waals surface area contributed by atoms with Gasteiger partial charge in [-0.15, -0.1) is 0 Å². The Labute approximate surface area is 123 Å². The molecule has 1 amide bonds. The molecule has 0 saturated carbocycles. The van der Waals surface area contributed by atoms with Gasteiger partial charge in [0, 0.05) is 30.7 Å². The number of hydrogen-bond acceptors (Lipinski definition) is 4. The number of benzene rings is 1. The lowest BCUT2D eigenvalue weighted by atomic mass is 10.0. The molecule has 1 unspecified atom stereocenters. The first kappa shape index (κ1) is 15.1. The summed E-state index contributed by atoms with van der Waals surface area (Å²) in [7, 11) is 1.92. The van der Waals surface area contributed by atoms with Crippen LogP contribution < -0.4 is 16.0 Å². The van der Waals surface area contributed by atoms with E-state index >= 15 is 0 Å². The maximum absolute atomic E-state index is 10.4. The van der Waals surface area contributed by atoms with Crippen LogP contribution in [0, 0.1) is 0 Å². The second kappa shape index (κ2) is 6.90. The molecular formula is C15H20N4O2. The molecule has 21 heavy (non-hydrogen) atoms. The van der Waals surface area contributed by atoms with Gasteiger partial charge in [-0.05, 0) is 24.9 Å². The number of nitrogens with one attached hydrogen (secondary N) is 3. The number of pyridine rings is 1. The minimum atomic E-state index is -1.02. The first-order chi connectivity index (χ1) is 10.1. The molecule has 2 rings (SSSR count). The van der Waals surface area contributed by atoms with Gasteiger partial charge in [0.2, 0.25) is 0 Å². The average Bonchev–Trinajstić information content (AvgIpc) is 2.50. The maximum Gasteiger partial charge on any atom is 0.404 e. The lowest BCUT2D eigenvalue weighted by Gasteiger charge is -2.16. The Kier molecular flexibility index (Phi) is 4.94. The van der Waals surface area contributed by atoms with E-state index in [1.807, 2.05) is 31.4 Å². The Bertz CT molecular complexity index is 630. The van der Waals surface area contributed by atoms with Crippen LogP contribution in [-0.2, 0) is 0 Å². The lowest BCUT2D eigenvalue weighted by Crippen LogP contribution is -2.27. The van der Waals surface area contributed by atoms with Crippen molar-refractivity contribution >= 4 is 22.7 Å². The Morgan fingerprint density at radius 1 is 1.29 bits per heavy atom. The predicted molar refractivity (Wildman–Crippen MR) is 83.7 cm³/mol. The molecule has 4 N–H and O–H groups in total. The van der Waals surface area contributed by atoms with E-state index in [-0.39, 0.29) is 6.04 Å². The average molecular weight is 288 g/mol. The number of hydrogen-bond donors (Lipinski definition) is 4. The number of rotatable bonds is 6.